The predicted octanol–water partition coefficient (Wildman–Crippen LogP) is 15.2. The summed E-state index contributed by atoms with van der Waals surface area (Å²) in [5, 5.41) is 9.51. The molecule has 12 heteroatoms. The van der Waals surface area contributed by atoms with Crippen LogP contribution in [0.1, 0.15) is 112 Å². The molecule has 2 fully saturated rings. The van der Waals surface area contributed by atoms with Crippen LogP contribution in [0.2, 0.25) is 0 Å². The van der Waals surface area contributed by atoms with Crippen molar-refractivity contribution in [1.82, 2.24) is 0 Å². The predicted molar refractivity (Wildman–Crippen MR) is 243 cm³/mol. The second-order valence-electron chi connectivity index (χ2n) is 15.7. The lowest BCUT2D eigenvalue weighted by atomic mass is 9.71. The van der Waals surface area contributed by atoms with Crippen molar-refractivity contribution in [1.29, 1.82) is 5.26 Å². The average Bonchev–Trinajstić information content (AvgIpc) is 4.08. The van der Waals surface area contributed by atoms with Crippen LogP contribution in [0.4, 0.5) is 0 Å². The van der Waals surface area contributed by atoms with Crippen molar-refractivity contribution < 1.29 is 18.9 Å². The molecule has 0 N–H and O–H groups in total. The molecule has 60 heavy (non-hydrogen) atoms. The number of hydrogen-bond donors (Lipinski definition) is 0. The highest BCUT2D eigenvalue weighted by atomic mass is 32.1. The molecule has 2 saturated carbocycles. The first-order valence-corrected chi connectivity index (χ1v) is 24.0. The van der Waals surface area contributed by atoms with Gasteiger partial charge in [0.2, 0.25) is 0 Å². The highest BCUT2D eigenvalue weighted by molar-refractivity contribution is 7.25. The van der Waals surface area contributed by atoms with Gasteiger partial charge in [0.25, 0.3) is 5.70 Å². The minimum absolute atomic E-state index is 0.0322. The average molecular weight is 867 g/mol. The number of benzene rings is 1. The van der Waals surface area contributed by atoms with Crippen LogP contribution >= 0.6 is 45.3 Å². The van der Waals surface area contributed by atoms with E-state index >= 15 is 0 Å². The summed E-state index contributed by atoms with van der Waals surface area (Å²) < 4.78 is 27.2. The Bertz CT molecular complexity index is 2500. The second kappa shape index (κ2) is 16.6. The van der Waals surface area contributed by atoms with Gasteiger partial charge in [-0.3, -0.25) is 0 Å². The standard InChI is InChI=1S/C48H42N4O4S4/c1-6-18-53-36-21-30(20-29(28-49)50-3)57-45(36)40-26-38-43(59-40)32-24-35-33(25-34(32)47(55-38)14-10-8-11-15-47)44-39(56-48(35)16-12-9-13-17-48)27-41(60-44)46-37(54-19-7-2)22-31(58-46)23-42(51-4)52-5/h20-27H,6-19H2,1-2H3/b29-20-. The molecule has 0 unspecified atom stereocenters. The third-order valence-corrected chi connectivity index (χ3v) is 16.6. The molecular formula is C48H42N4O4S4. The molecule has 0 saturated heterocycles. The van der Waals surface area contributed by atoms with E-state index in [2.05, 4.69) is 52.6 Å². The fraction of sp³-hybridized carbons (Fsp3) is 0.375. The highest BCUT2D eigenvalue weighted by Gasteiger charge is 2.48. The maximum atomic E-state index is 9.51. The summed E-state index contributed by atoms with van der Waals surface area (Å²) in [6.45, 7) is 27.7. The van der Waals surface area contributed by atoms with Gasteiger partial charge in [-0.05, 0) is 94.5 Å². The molecular weight excluding hydrogens is 825 g/mol. The van der Waals surface area contributed by atoms with Crippen molar-refractivity contribution in [2.24, 2.45) is 0 Å². The molecule has 302 valence electrons. The largest absolute Gasteiger partial charge is 0.520 e. The van der Waals surface area contributed by atoms with Crippen LogP contribution in [0.3, 0.4) is 0 Å². The lowest BCUT2D eigenvalue weighted by molar-refractivity contribution is 0.0206. The number of nitrogens with zero attached hydrogens (tertiary/aromatic N) is 4. The first-order chi connectivity index (χ1) is 29.3. The van der Waals surface area contributed by atoms with E-state index in [1.165, 1.54) is 35.1 Å². The molecule has 0 amide bonds. The molecule has 6 heterocycles. The van der Waals surface area contributed by atoms with Crippen LogP contribution in [0.5, 0.6) is 23.0 Å². The molecule has 0 bridgehead atoms. The van der Waals surface area contributed by atoms with Crippen LogP contribution in [0, 0.1) is 31.0 Å². The normalized spacial score (nSPS) is 16.7. The van der Waals surface area contributed by atoms with Gasteiger partial charge in [0.15, 0.2) is 0 Å². The maximum absolute atomic E-state index is 9.51. The van der Waals surface area contributed by atoms with Crippen LogP contribution in [0.15, 0.2) is 47.9 Å². The van der Waals surface area contributed by atoms with E-state index in [0.29, 0.717) is 13.2 Å². The quantitative estimate of drug-likeness (QED) is 0.103. The van der Waals surface area contributed by atoms with Gasteiger partial charge in [0.1, 0.15) is 47.3 Å². The third-order valence-electron chi connectivity index (χ3n) is 11.8. The third kappa shape index (κ3) is 7.10. The highest BCUT2D eigenvalue weighted by Crippen LogP contribution is 2.62. The molecule has 2 aliphatic carbocycles. The van der Waals surface area contributed by atoms with E-state index in [0.717, 1.165) is 126 Å². The number of ether oxygens (including phenoxy) is 4. The minimum Gasteiger partial charge on any atom is -0.492 e. The number of allylic oxidation sites excluding steroid dienone is 1. The Balaban J connectivity index is 1.21. The molecule has 0 radical (unpaired) electrons. The van der Waals surface area contributed by atoms with Gasteiger partial charge < -0.3 is 18.9 Å². The van der Waals surface area contributed by atoms with Crippen molar-refractivity contribution in [3.8, 4) is 69.5 Å². The minimum atomic E-state index is -0.450. The van der Waals surface area contributed by atoms with Crippen molar-refractivity contribution in [3.63, 3.8) is 0 Å². The second-order valence-corrected chi connectivity index (χ2v) is 20.0. The lowest BCUT2D eigenvalue weighted by Gasteiger charge is -2.45. The summed E-state index contributed by atoms with van der Waals surface area (Å²) in [5.74, 6) is 3.38. The monoisotopic (exact) mass is 866 g/mol. The Morgan fingerprint density at radius 1 is 0.650 bits per heavy atom. The summed E-state index contributed by atoms with van der Waals surface area (Å²) in [7, 11) is 0. The molecule has 2 aliphatic heterocycles. The number of thiophene rings is 4. The van der Waals surface area contributed by atoms with Crippen LogP contribution in [0.25, 0.3) is 67.1 Å². The maximum Gasteiger partial charge on any atom is 0.520 e. The first kappa shape index (κ1) is 40.1. The molecule has 4 aliphatic rings. The zero-order valence-corrected chi connectivity index (χ0v) is 36.8. The van der Waals surface area contributed by atoms with Gasteiger partial charge in [-0.2, -0.15) is 9.69 Å². The van der Waals surface area contributed by atoms with Gasteiger partial charge in [0.05, 0.1) is 55.1 Å². The van der Waals surface area contributed by atoms with Crippen molar-refractivity contribution in [2.75, 3.05) is 13.2 Å². The van der Waals surface area contributed by atoms with Crippen LogP contribution < -0.4 is 18.9 Å². The Labute approximate surface area is 367 Å². The number of nitriles is 1. The SMILES string of the molecule is [C-]#[N+]C(=Cc1cc(OCCC)c(-c2cc3c(s2)-c2cc4c(cc2C2(CCCCC2)O3)-c2sc(-c3sc(/C=C(/C#N)[N+]#[C-])cc3OCCC)cc2OC42CCCCC2)s1)[N+]#[C-]. The molecule has 1 aromatic carbocycles. The van der Waals surface area contributed by atoms with Crippen molar-refractivity contribution >= 4 is 57.5 Å². The summed E-state index contributed by atoms with van der Waals surface area (Å²) in [4.78, 5) is 18.1. The van der Waals surface area contributed by atoms with Gasteiger partial charge in [0, 0.05) is 50.2 Å². The van der Waals surface area contributed by atoms with E-state index in [4.69, 9.17) is 38.7 Å². The Kier molecular flexibility index (Phi) is 11.1. The summed E-state index contributed by atoms with van der Waals surface area (Å²) >= 11 is 6.55. The number of hydrogen-bond acceptors (Lipinski definition) is 9. The number of fused-ring (bicyclic) bond motifs is 8. The molecule has 5 aromatic rings. The Morgan fingerprint density at radius 3 is 1.53 bits per heavy atom. The molecule has 9 rings (SSSR count). The molecule has 2 spiro atoms. The fourth-order valence-electron chi connectivity index (χ4n) is 9.10. The summed E-state index contributed by atoms with van der Waals surface area (Å²) in [5.41, 5.74) is 4.12. The summed E-state index contributed by atoms with van der Waals surface area (Å²) in [6.07, 6.45) is 15.6. The molecule has 8 nitrogen and oxygen atoms in total. The van der Waals surface area contributed by atoms with Crippen LogP contribution in [-0.4, -0.2) is 13.2 Å². The Morgan fingerprint density at radius 2 is 1.12 bits per heavy atom. The van der Waals surface area contributed by atoms with E-state index in [1.807, 2.05) is 18.2 Å². The van der Waals surface area contributed by atoms with E-state index < -0.39 is 11.2 Å². The van der Waals surface area contributed by atoms with Crippen molar-refractivity contribution in [3.05, 3.63) is 103 Å². The zero-order valence-electron chi connectivity index (χ0n) is 33.6. The topological polar surface area (TPSA) is 73.8 Å². The van der Waals surface area contributed by atoms with E-state index in [1.54, 1.807) is 57.5 Å². The van der Waals surface area contributed by atoms with Crippen LogP contribution in [-0.2, 0) is 11.2 Å². The van der Waals surface area contributed by atoms with Gasteiger partial charge in [-0.25, -0.2) is 10.1 Å². The first-order valence-electron chi connectivity index (χ1n) is 20.7. The molecule has 0 atom stereocenters. The Hall–Kier alpha value is -5.34. The van der Waals surface area contributed by atoms with Gasteiger partial charge in [-0.15, -0.1) is 45.3 Å². The van der Waals surface area contributed by atoms with Crippen molar-refractivity contribution in [2.45, 2.75) is 102 Å². The van der Waals surface area contributed by atoms with E-state index in [-0.39, 0.29) is 11.5 Å². The molecule has 4 aromatic heterocycles. The smallest absolute Gasteiger partial charge is 0.492 e. The van der Waals surface area contributed by atoms with Gasteiger partial charge in [-0.1, -0.05) is 26.7 Å². The lowest BCUT2D eigenvalue weighted by Crippen LogP contribution is -2.40. The van der Waals surface area contributed by atoms with Gasteiger partial charge >= 0.3 is 5.82 Å². The fourth-order valence-corrected chi connectivity index (χ4v) is 13.6. The summed E-state index contributed by atoms with van der Waals surface area (Å²) in [6, 6.07) is 15.2. The number of rotatable bonds is 10. The van der Waals surface area contributed by atoms with E-state index in [9.17, 15) is 5.26 Å². The zero-order chi connectivity index (χ0) is 41.4.